The number of nitrogens with one attached hydrogen (secondary N) is 1. The van der Waals surface area contributed by atoms with Gasteiger partial charge in [-0.3, -0.25) is 14.9 Å². The van der Waals surface area contributed by atoms with Gasteiger partial charge >= 0.3 is 0 Å². The fraction of sp³-hybridized carbons (Fsp3) is 0.235. The van der Waals surface area contributed by atoms with Crippen molar-refractivity contribution in [3.8, 4) is 11.5 Å². The average molecular weight is 330 g/mol. The smallest absolute Gasteiger partial charge is 0.296 e. The Morgan fingerprint density at radius 1 is 1.17 bits per heavy atom. The molecule has 126 valence electrons. The van der Waals surface area contributed by atoms with Crippen LogP contribution < -0.4 is 14.8 Å². The first-order valence-electron chi connectivity index (χ1n) is 7.41. The van der Waals surface area contributed by atoms with Gasteiger partial charge in [0.1, 0.15) is 17.2 Å². The van der Waals surface area contributed by atoms with Crippen LogP contribution in [-0.2, 0) is 0 Å². The third-order valence-electron chi connectivity index (χ3n) is 3.24. The molecule has 0 saturated heterocycles. The van der Waals surface area contributed by atoms with Crippen LogP contribution in [0, 0.1) is 10.1 Å². The van der Waals surface area contributed by atoms with Crippen molar-refractivity contribution in [1.29, 1.82) is 0 Å². The molecule has 0 atom stereocenters. The van der Waals surface area contributed by atoms with Crippen molar-refractivity contribution in [2.75, 3.05) is 19.0 Å². The second-order valence-electron chi connectivity index (χ2n) is 4.97. The summed E-state index contributed by atoms with van der Waals surface area (Å²) >= 11 is 0. The molecule has 0 bridgehead atoms. The topological polar surface area (TPSA) is 90.7 Å². The first kappa shape index (κ1) is 17.3. The minimum Gasteiger partial charge on any atom is -0.496 e. The van der Waals surface area contributed by atoms with E-state index in [9.17, 15) is 14.9 Å². The van der Waals surface area contributed by atoms with Gasteiger partial charge in [-0.2, -0.15) is 0 Å². The summed E-state index contributed by atoms with van der Waals surface area (Å²) in [6, 6.07) is 10.8. The highest BCUT2D eigenvalue weighted by Gasteiger charge is 2.18. The van der Waals surface area contributed by atoms with E-state index in [1.165, 1.54) is 19.2 Å². The average Bonchev–Trinajstić information content (AvgIpc) is 2.60. The van der Waals surface area contributed by atoms with Gasteiger partial charge in [-0.1, -0.05) is 6.92 Å². The van der Waals surface area contributed by atoms with E-state index < -0.39 is 10.8 Å². The number of nitrogens with zero attached hydrogens (tertiary/aromatic N) is 1. The highest BCUT2D eigenvalue weighted by Crippen LogP contribution is 2.29. The Morgan fingerprint density at radius 3 is 2.42 bits per heavy atom. The molecule has 0 aliphatic rings. The molecule has 0 aliphatic carbocycles. The molecule has 2 aromatic carbocycles. The maximum atomic E-state index is 12.3. The zero-order chi connectivity index (χ0) is 17.5. The molecule has 0 aromatic heterocycles. The summed E-state index contributed by atoms with van der Waals surface area (Å²) < 4.78 is 10.4. The Hall–Kier alpha value is -3.09. The molecule has 0 radical (unpaired) electrons. The molecular weight excluding hydrogens is 312 g/mol. The second kappa shape index (κ2) is 7.96. The summed E-state index contributed by atoms with van der Waals surface area (Å²) in [6.07, 6.45) is 0.892. The summed E-state index contributed by atoms with van der Waals surface area (Å²) in [4.78, 5) is 22.8. The van der Waals surface area contributed by atoms with E-state index in [1.807, 2.05) is 6.92 Å². The fourth-order valence-corrected chi connectivity index (χ4v) is 2.01. The maximum Gasteiger partial charge on any atom is 0.296 e. The normalized spacial score (nSPS) is 10.1. The summed E-state index contributed by atoms with van der Waals surface area (Å²) in [5.74, 6) is 0.575. The van der Waals surface area contributed by atoms with Crippen LogP contribution in [0.3, 0.4) is 0 Å². The number of amides is 1. The van der Waals surface area contributed by atoms with Crippen LogP contribution in [0.1, 0.15) is 23.7 Å². The van der Waals surface area contributed by atoms with Crippen LogP contribution in [0.2, 0.25) is 0 Å². The van der Waals surface area contributed by atoms with Crippen molar-refractivity contribution in [3.05, 3.63) is 58.1 Å². The van der Waals surface area contributed by atoms with E-state index in [2.05, 4.69) is 5.32 Å². The van der Waals surface area contributed by atoms with E-state index >= 15 is 0 Å². The van der Waals surface area contributed by atoms with E-state index in [1.54, 1.807) is 30.3 Å². The Bertz CT molecular complexity index is 728. The number of rotatable bonds is 7. The Morgan fingerprint density at radius 2 is 1.83 bits per heavy atom. The summed E-state index contributed by atoms with van der Waals surface area (Å²) in [5, 5.41) is 13.7. The van der Waals surface area contributed by atoms with Crippen molar-refractivity contribution in [2.24, 2.45) is 0 Å². The van der Waals surface area contributed by atoms with Crippen LogP contribution in [0.4, 0.5) is 11.4 Å². The third-order valence-corrected chi connectivity index (χ3v) is 3.24. The van der Waals surface area contributed by atoms with E-state index in [-0.39, 0.29) is 11.4 Å². The van der Waals surface area contributed by atoms with Gasteiger partial charge in [0, 0.05) is 5.56 Å². The molecule has 7 nitrogen and oxygen atoms in total. The van der Waals surface area contributed by atoms with E-state index in [0.29, 0.717) is 23.7 Å². The molecule has 0 unspecified atom stereocenters. The molecule has 2 rings (SSSR count). The first-order valence-corrected chi connectivity index (χ1v) is 7.41. The van der Waals surface area contributed by atoms with E-state index in [4.69, 9.17) is 9.47 Å². The molecule has 2 aromatic rings. The predicted molar refractivity (Wildman–Crippen MR) is 89.8 cm³/mol. The lowest BCUT2D eigenvalue weighted by atomic mass is 10.2. The zero-order valence-electron chi connectivity index (χ0n) is 13.4. The minimum absolute atomic E-state index is 0.108. The first-order chi connectivity index (χ1) is 11.5. The van der Waals surface area contributed by atoms with Gasteiger partial charge in [0.15, 0.2) is 0 Å². The van der Waals surface area contributed by atoms with Gasteiger partial charge in [0.25, 0.3) is 11.6 Å². The summed E-state index contributed by atoms with van der Waals surface area (Å²) in [5.41, 5.74) is 0.256. The van der Waals surface area contributed by atoms with Crippen molar-refractivity contribution in [3.63, 3.8) is 0 Å². The van der Waals surface area contributed by atoms with Gasteiger partial charge in [0.05, 0.1) is 24.7 Å². The lowest BCUT2D eigenvalue weighted by Gasteiger charge is -2.08. The molecule has 0 aliphatic heterocycles. The number of hydrogen-bond acceptors (Lipinski definition) is 5. The number of nitro groups is 1. The monoisotopic (exact) mass is 330 g/mol. The molecule has 1 N–H and O–H groups in total. The zero-order valence-corrected chi connectivity index (χ0v) is 13.4. The number of carbonyl (C=O) groups is 1. The number of carbonyl (C=O) groups excluding carboxylic acids is 1. The predicted octanol–water partition coefficient (Wildman–Crippen LogP) is 3.64. The van der Waals surface area contributed by atoms with Crippen molar-refractivity contribution in [2.45, 2.75) is 13.3 Å². The minimum atomic E-state index is -0.570. The van der Waals surface area contributed by atoms with Gasteiger partial charge in [0.2, 0.25) is 0 Å². The number of anilines is 1. The highest BCUT2D eigenvalue weighted by atomic mass is 16.6. The van der Waals surface area contributed by atoms with Crippen LogP contribution in [0.5, 0.6) is 11.5 Å². The number of nitro benzene ring substituents is 1. The Labute approximate surface area is 139 Å². The van der Waals surface area contributed by atoms with Crippen LogP contribution >= 0.6 is 0 Å². The van der Waals surface area contributed by atoms with E-state index in [0.717, 1.165) is 6.42 Å². The van der Waals surface area contributed by atoms with Gasteiger partial charge in [-0.15, -0.1) is 0 Å². The van der Waals surface area contributed by atoms with Gasteiger partial charge in [-0.05, 0) is 42.8 Å². The number of methoxy groups -OCH3 is 1. The number of hydrogen-bond donors (Lipinski definition) is 1. The molecule has 0 saturated carbocycles. The number of benzene rings is 2. The third kappa shape index (κ3) is 4.22. The maximum absolute atomic E-state index is 12.3. The molecule has 1 amide bonds. The van der Waals surface area contributed by atoms with Crippen LogP contribution in [-0.4, -0.2) is 24.5 Å². The molecule has 0 heterocycles. The van der Waals surface area contributed by atoms with Crippen molar-refractivity contribution < 1.29 is 19.2 Å². The highest BCUT2D eigenvalue weighted by molar-refractivity contribution is 6.05. The summed E-state index contributed by atoms with van der Waals surface area (Å²) in [7, 11) is 1.42. The van der Waals surface area contributed by atoms with Crippen molar-refractivity contribution >= 4 is 17.3 Å². The molecule has 24 heavy (non-hydrogen) atoms. The Balaban J connectivity index is 2.16. The van der Waals surface area contributed by atoms with Crippen molar-refractivity contribution in [1.82, 2.24) is 0 Å². The number of ether oxygens (including phenoxy) is 2. The lowest BCUT2D eigenvalue weighted by Crippen LogP contribution is -2.13. The second-order valence-corrected chi connectivity index (χ2v) is 4.97. The van der Waals surface area contributed by atoms with Crippen LogP contribution in [0.25, 0.3) is 0 Å². The Kier molecular flexibility index (Phi) is 5.73. The molecule has 0 fully saturated rings. The lowest BCUT2D eigenvalue weighted by molar-refractivity contribution is -0.384. The standard InChI is InChI=1S/C17H18N2O5/c1-3-10-24-13-6-4-12(5-7-13)17(20)18-15-9-8-14(23-2)11-16(15)19(21)22/h4-9,11H,3,10H2,1-2H3,(H,18,20). The molecule has 7 heteroatoms. The summed E-state index contributed by atoms with van der Waals surface area (Å²) in [6.45, 7) is 2.60. The largest absolute Gasteiger partial charge is 0.496 e. The van der Waals surface area contributed by atoms with Gasteiger partial charge < -0.3 is 14.8 Å². The van der Waals surface area contributed by atoms with Gasteiger partial charge in [-0.25, -0.2) is 0 Å². The fourth-order valence-electron chi connectivity index (χ4n) is 2.01. The quantitative estimate of drug-likeness (QED) is 0.618. The van der Waals surface area contributed by atoms with Crippen LogP contribution in [0.15, 0.2) is 42.5 Å². The molecule has 0 spiro atoms. The SMILES string of the molecule is CCCOc1ccc(C(=O)Nc2ccc(OC)cc2[N+](=O)[O-])cc1. The molecular formula is C17H18N2O5.